The highest BCUT2D eigenvalue weighted by molar-refractivity contribution is 5.86. The number of amides is 2. The van der Waals surface area contributed by atoms with Crippen molar-refractivity contribution in [2.75, 3.05) is 32.7 Å². The van der Waals surface area contributed by atoms with Crippen molar-refractivity contribution >= 4 is 12.0 Å². The summed E-state index contributed by atoms with van der Waals surface area (Å²) in [5.41, 5.74) is -0.616. The summed E-state index contributed by atoms with van der Waals surface area (Å²) >= 11 is 0. The van der Waals surface area contributed by atoms with Crippen LogP contribution in [0.1, 0.15) is 52.9 Å². The van der Waals surface area contributed by atoms with Crippen molar-refractivity contribution in [3.63, 3.8) is 0 Å². The van der Waals surface area contributed by atoms with Gasteiger partial charge in [0.15, 0.2) is 0 Å². The zero-order valence-corrected chi connectivity index (χ0v) is 19.7. The highest BCUT2D eigenvalue weighted by Gasteiger charge is 2.44. The monoisotopic (exact) mass is 443 g/mol. The minimum absolute atomic E-state index is 0.0190. The molecule has 2 amide bonds. The maximum Gasteiger partial charge on any atom is 0.411 e. The molecule has 0 unspecified atom stereocenters. The van der Waals surface area contributed by atoms with Crippen molar-refractivity contribution in [2.24, 2.45) is 0 Å². The van der Waals surface area contributed by atoms with Gasteiger partial charge in [-0.25, -0.2) is 4.79 Å². The van der Waals surface area contributed by atoms with Crippen molar-refractivity contribution in [3.05, 3.63) is 30.3 Å². The Balaban J connectivity index is 1.44. The zero-order valence-electron chi connectivity index (χ0n) is 19.7. The van der Waals surface area contributed by atoms with E-state index in [4.69, 9.17) is 9.47 Å². The molecule has 1 aliphatic carbocycles. The first-order valence-electron chi connectivity index (χ1n) is 12.0. The molecule has 1 aromatic rings. The van der Waals surface area contributed by atoms with Crippen LogP contribution in [0.15, 0.2) is 30.3 Å². The fourth-order valence-electron chi connectivity index (χ4n) is 4.82. The highest BCUT2D eigenvalue weighted by Crippen LogP contribution is 2.28. The van der Waals surface area contributed by atoms with Gasteiger partial charge in [-0.05, 0) is 52.2 Å². The summed E-state index contributed by atoms with van der Waals surface area (Å²) in [6, 6.07) is 9.72. The van der Waals surface area contributed by atoms with Crippen LogP contribution in [0.4, 0.5) is 4.79 Å². The first-order valence-corrected chi connectivity index (χ1v) is 12.0. The second kappa shape index (κ2) is 9.69. The smallest absolute Gasteiger partial charge is 0.411 e. The predicted octanol–water partition coefficient (Wildman–Crippen LogP) is 3.53. The van der Waals surface area contributed by atoms with E-state index >= 15 is 0 Å². The molecule has 0 bridgehead atoms. The van der Waals surface area contributed by atoms with Crippen LogP contribution in [0.2, 0.25) is 0 Å². The molecule has 0 aromatic heterocycles. The van der Waals surface area contributed by atoms with Crippen molar-refractivity contribution in [1.29, 1.82) is 0 Å². The van der Waals surface area contributed by atoms with Gasteiger partial charge in [-0.1, -0.05) is 24.6 Å². The summed E-state index contributed by atoms with van der Waals surface area (Å²) in [7, 11) is 0. The van der Waals surface area contributed by atoms with Gasteiger partial charge < -0.3 is 14.4 Å². The van der Waals surface area contributed by atoms with E-state index in [9.17, 15) is 9.59 Å². The van der Waals surface area contributed by atoms with Crippen LogP contribution in [-0.2, 0) is 9.53 Å². The molecule has 7 heteroatoms. The number of para-hydroxylation sites is 1. The fourth-order valence-corrected chi connectivity index (χ4v) is 4.82. The number of rotatable bonds is 4. The predicted molar refractivity (Wildman–Crippen MR) is 123 cm³/mol. The molecular formula is C25H37N3O4. The number of carbonyl (C=O) groups excluding carboxylic acids is 2. The van der Waals surface area contributed by atoms with Crippen molar-refractivity contribution in [1.82, 2.24) is 14.7 Å². The van der Waals surface area contributed by atoms with Gasteiger partial charge in [-0.2, -0.15) is 0 Å². The molecular weight excluding hydrogens is 406 g/mol. The number of ether oxygens (including phenoxy) is 2. The molecule has 7 nitrogen and oxygen atoms in total. The van der Waals surface area contributed by atoms with Gasteiger partial charge in [0, 0.05) is 38.6 Å². The topological polar surface area (TPSA) is 62.3 Å². The van der Waals surface area contributed by atoms with Gasteiger partial charge in [0.1, 0.15) is 23.5 Å². The molecule has 0 radical (unpaired) electrons. The van der Waals surface area contributed by atoms with E-state index in [2.05, 4.69) is 4.90 Å². The lowest BCUT2D eigenvalue weighted by Gasteiger charge is -2.37. The molecule has 1 aromatic carbocycles. The van der Waals surface area contributed by atoms with Crippen LogP contribution in [0.3, 0.4) is 0 Å². The van der Waals surface area contributed by atoms with Gasteiger partial charge in [0.05, 0.1) is 6.54 Å². The maximum atomic E-state index is 13.6. The second-order valence-corrected chi connectivity index (χ2v) is 10.2. The van der Waals surface area contributed by atoms with Crippen LogP contribution >= 0.6 is 0 Å². The molecule has 0 N–H and O–H groups in total. The Morgan fingerprint density at radius 2 is 1.72 bits per heavy atom. The van der Waals surface area contributed by atoms with E-state index in [0.29, 0.717) is 19.0 Å². The van der Waals surface area contributed by atoms with Crippen LogP contribution in [0, 0.1) is 0 Å². The van der Waals surface area contributed by atoms with E-state index in [1.165, 1.54) is 19.3 Å². The number of carbonyl (C=O) groups is 2. The molecule has 2 saturated heterocycles. The van der Waals surface area contributed by atoms with Crippen LogP contribution in [0.25, 0.3) is 0 Å². The van der Waals surface area contributed by atoms with Crippen LogP contribution < -0.4 is 4.74 Å². The third-order valence-electron chi connectivity index (χ3n) is 6.65. The lowest BCUT2D eigenvalue weighted by Crippen LogP contribution is -2.50. The standard InChI is InChI=1S/C25H37N3O4/c1-25(2,3)32-24(30)28-18-21(31-20-11-5-4-6-12-20)17-22(28)23(29)27-14-8-13-26(15-16-27)19-9-7-10-19/h4-6,11-12,19,21-22H,7-10,13-18H2,1-3H3/t21-,22-/m0/s1. The summed E-state index contributed by atoms with van der Waals surface area (Å²) in [4.78, 5) is 32.6. The first-order chi connectivity index (χ1) is 15.3. The number of hydrogen-bond donors (Lipinski definition) is 0. The number of benzene rings is 1. The Hall–Kier alpha value is -2.28. The molecule has 2 heterocycles. The third-order valence-corrected chi connectivity index (χ3v) is 6.65. The van der Waals surface area contributed by atoms with E-state index in [-0.39, 0.29) is 12.0 Å². The molecule has 176 valence electrons. The normalized spacial score (nSPS) is 25.2. The van der Waals surface area contributed by atoms with Crippen LogP contribution in [0.5, 0.6) is 5.75 Å². The molecule has 32 heavy (non-hydrogen) atoms. The Labute approximate surface area is 191 Å². The van der Waals surface area contributed by atoms with Crippen LogP contribution in [-0.4, -0.2) is 83.2 Å². The molecule has 3 aliphatic rings. The summed E-state index contributed by atoms with van der Waals surface area (Å²) in [6.07, 6.45) is 4.65. The number of likely N-dealkylation sites (tertiary alicyclic amines) is 1. The Morgan fingerprint density at radius 3 is 2.38 bits per heavy atom. The highest BCUT2D eigenvalue weighted by atomic mass is 16.6. The third kappa shape index (κ3) is 5.55. The minimum atomic E-state index is -0.616. The number of hydrogen-bond acceptors (Lipinski definition) is 5. The van der Waals surface area contributed by atoms with Gasteiger partial charge in [-0.15, -0.1) is 0 Å². The largest absolute Gasteiger partial charge is 0.488 e. The Morgan fingerprint density at radius 1 is 0.969 bits per heavy atom. The van der Waals surface area contributed by atoms with E-state index in [1.807, 2.05) is 56.0 Å². The van der Waals surface area contributed by atoms with E-state index in [0.717, 1.165) is 38.3 Å². The average molecular weight is 444 g/mol. The molecule has 3 fully saturated rings. The Kier molecular flexibility index (Phi) is 6.93. The van der Waals surface area contributed by atoms with E-state index < -0.39 is 17.7 Å². The quantitative estimate of drug-likeness (QED) is 0.712. The van der Waals surface area contributed by atoms with Gasteiger partial charge >= 0.3 is 6.09 Å². The minimum Gasteiger partial charge on any atom is -0.488 e. The number of nitrogens with zero attached hydrogens (tertiary/aromatic N) is 3. The molecule has 2 aliphatic heterocycles. The van der Waals surface area contributed by atoms with Crippen molar-refractivity contribution in [3.8, 4) is 5.75 Å². The summed E-state index contributed by atoms with van der Waals surface area (Å²) in [5.74, 6) is 0.770. The SMILES string of the molecule is CC(C)(C)OC(=O)N1C[C@@H](Oc2ccccc2)C[C@H]1C(=O)N1CCCN(C2CCC2)CC1. The lowest BCUT2D eigenvalue weighted by molar-refractivity contribution is -0.135. The summed E-state index contributed by atoms with van der Waals surface area (Å²) in [5, 5.41) is 0. The average Bonchev–Trinajstić information content (AvgIpc) is 2.97. The summed E-state index contributed by atoms with van der Waals surface area (Å²) < 4.78 is 11.8. The summed E-state index contributed by atoms with van der Waals surface area (Å²) in [6.45, 7) is 9.32. The first kappa shape index (κ1) is 22.9. The van der Waals surface area contributed by atoms with Gasteiger partial charge in [0.2, 0.25) is 5.91 Å². The molecule has 2 atom stereocenters. The van der Waals surface area contributed by atoms with Gasteiger partial charge in [0.25, 0.3) is 0 Å². The zero-order chi connectivity index (χ0) is 22.7. The van der Waals surface area contributed by atoms with Crippen molar-refractivity contribution in [2.45, 2.75) is 76.7 Å². The van der Waals surface area contributed by atoms with Gasteiger partial charge in [-0.3, -0.25) is 14.6 Å². The fraction of sp³-hybridized carbons (Fsp3) is 0.680. The van der Waals surface area contributed by atoms with Crippen molar-refractivity contribution < 1.29 is 19.1 Å². The molecule has 1 saturated carbocycles. The molecule has 0 spiro atoms. The lowest BCUT2D eigenvalue weighted by atomic mass is 9.91. The maximum absolute atomic E-state index is 13.6. The van der Waals surface area contributed by atoms with E-state index in [1.54, 1.807) is 4.90 Å². The Bertz CT molecular complexity index is 790. The molecule has 4 rings (SSSR count). The second-order valence-electron chi connectivity index (χ2n) is 10.2.